The molecule has 0 aliphatic carbocycles. The number of thiophene rings is 1. The standard InChI is InChI=1S/C17H23N3OS/c1-20(15-4-7-18-8-5-15)12-17(21)19-11-13-2-3-16-14(10-13)6-9-22-16/h2-3,6,9-10,15,18H,4-5,7-8,11-12H2,1H3,(H,19,21). The van der Waals surface area contributed by atoms with E-state index in [0.29, 0.717) is 19.1 Å². The molecule has 0 atom stereocenters. The van der Waals surface area contributed by atoms with Gasteiger partial charge in [-0.25, -0.2) is 0 Å². The van der Waals surface area contributed by atoms with Crippen LogP contribution in [0.25, 0.3) is 10.1 Å². The van der Waals surface area contributed by atoms with Gasteiger partial charge in [0.25, 0.3) is 0 Å². The number of hydrogen-bond donors (Lipinski definition) is 2. The van der Waals surface area contributed by atoms with Gasteiger partial charge in [-0.3, -0.25) is 9.69 Å². The van der Waals surface area contributed by atoms with Crippen LogP contribution in [0.3, 0.4) is 0 Å². The van der Waals surface area contributed by atoms with Crippen LogP contribution >= 0.6 is 11.3 Å². The fourth-order valence-electron chi connectivity index (χ4n) is 2.99. The van der Waals surface area contributed by atoms with E-state index >= 15 is 0 Å². The highest BCUT2D eigenvalue weighted by atomic mass is 32.1. The van der Waals surface area contributed by atoms with Crippen LogP contribution in [0.2, 0.25) is 0 Å². The minimum atomic E-state index is 0.103. The lowest BCUT2D eigenvalue weighted by Gasteiger charge is -2.31. The normalized spacial score (nSPS) is 16.3. The Balaban J connectivity index is 1.48. The Bertz CT molecular complexity index is 634. The number of fused-ring (bicyclic) bond motifs is 1. The van der Waals surface area contributed by atoms with E-state index in [-0.39, 0.29) is 5.91 Å². The molecule has 0 spiro atoms. The Morgan fingerprint density at radius 3 is 3.00 bits per heavy atom. The monoisotopic (exact) mass is 317 g/mol. The Morgan fingerprint density at radius 1 is 1.36 bits per heavy atom. The maximum absolute atomic E-state index is 12.1. The van der Waals surface area contributed by atoms with E-state index in [2.05, 4.69) is 45.2 Å². The minimum absolute atomic E-state index is 0.103. The van der Waals surface area contributed by atoms with Gasteiger partial charge in [0, 0.05) is 17.3 Å². The van der Waals surface area contributed by atoms with E-state index in [1.165, 1.54) is 10.1 Å². The lowest BCUT2D eigenvalue weighted by Crippen LogP contribution is -2.45. The summed E-state index contributed by atoms with van der Waals surface area (Å²) in [4.78, 5) is 14.3. The molecule has 1 saturated heterocycles. The Labute approximate surface area is 135 Å². The molecule has 0 bridgehead atoms. The molecule has 5 heteroatoms. The van der Waals surface area contributed by atoms with Crippen LogP contribution in [0.5, 0.6) is 0 Å². The predicted molar refractivity (Wildman–Crippen MR) is 92.2 cm³/mol. The fraction of sp³-hybridized carbons (Fsp3) is 0.471. The first-order chi connectivity index (χ1) is 10.7. The number of likely N-dealkylation sites (N-methyl/N-ethyl adjacent to an activating group) is 1. The van der Waals surface area contributed by atoms with Crippen molar-refractivity contribution in [1.29, 1.82) is 0 Å². The highest BCUT2D eigenvalue weighted by molar-refractivity contribution is 7.17. The third-order valence-corrected chi connectivity index (χ3v) is 5.23. The molecule has 1 aromatic carbocycles. The summed E-state index contributed by atoms with van der Waals surface area (Å²) in [7, 11) is 2.05. The van der Waals surface area contributed by atoms with Crippen molar-refractivity contribution in [1.82, 2.24) is 15.5 Å². The van der Waals surface area contributed by atoms with Crippen molar-refractivity contribution in [2.24, 2.45) is 0 Å². The van der Waals surface area contributed by atoms with Crippen molar-refractivity contribution < 1.29 is 4.79 Å². The van der Waals surface area contributed by atoms with Gasteiger partial charge in [0.15, 0.2) is 0 Å². The van der Waals surface area contributed by atoms with E-state index in [1.54, 1.807) is 11.3 Å². The summed E-state index contributed by atoms with van der Waals surface area (Å²) in [6.07, 6.45) is 2.25. The smallest absolute Gasteiger partial charge is 0.234 e. The molecule has 0 unspecified atom stereocenters. The van der Waals surface area contributed by atoms with E-state index in [4.69, 9.17) is 0 Å². The first-order valence-corrected chi connectivity index (χ1v) is 8.74. The molecule has 1 amide bonds. The first-order valence-electron chi connectivity index (χ1n) is 7.86. The summed E-state index contributed by atoms with van der Waals surface area (Å²) in [5.41, 5.74) is 1.16. The number of nitrogens with one attached hydrogen (secondary N) is 2. The highest BCUT2D eigenvalue weighted by Crippen LogP contribution is 2.21. The fourth-order valence-corrected chi connectivity index (χ4v) is 3.76. The van der Waals surface area contributed by atoms with Crippen LogP contribution < -0.4 is 10.6 Å². The molecule has 3 rings (SSSR count). The summed E-state index contributed by atoms with van der Waals surface area (Å²) in [5.74, 6) is 0.103. The van der Waals surface area contributed by atoms with Crippen molar-refractivity contribution in [3.63, 3.8) is 0 Å². The minimum Gasteiger partial charge on any atom is -0.351 e. The second kappa shape index (κ2) is 7.22. The van der Waals surface area contributed by atoms with Gasteiger partial charge in [-0.2, -0.15) is 0 Å². The molecule has 0 radical (unpaired) electrons. The SMILES string of the molecule is CN(CC(=O)NCc1ccc2sccc2c1)C1CCNCC1. The van der Waals surface area contributed by atoms with Gasteiger partial charge >= 0.3 is 0 Å². The molecule has 2 heterocycles. The Morgan fingerprint density at radius 2 is 2.18 bits per heavy atom. The average Bonchev–Trinajstić information content (AvgIpc) is 3.01. The van der Waals surface area contributed by atoms with Crippen LogP contribution in [0.4, 0.5) is 0 Å². The average molecular weight is 317 g/mol. The molecule has 1 aliphatic heterocycles. The third kappa shape index (κ3) is 3.85. The lowest BCUT2D eigenvalue weighted by atomic mass is 10.1. The maximum Gasteiger partial charge on any atom is 0.234 e. The molecule has 4 nitrogen and oxygen atoms in total. The van der Waals surface area contributed by atoms with Crippen molar-refractivity contribution in [3.05, 3.63) is 35.2 Å². The zero-order chi connectivity index (χ0) is 15.4. The zero-order valence-corrected chi connectivity index (χ0v) is 13.8. The Hall–Kier alpha value is -1.43. The largest absolute Gasteiger partial charge is 0.351 e. The van der Waals surface area contributed by atoms with E-state index in [0.717, 1.165) is 31.5 Å². The molecule has 1 aromatic heterocycles. The van der Waals surface area contributed by atoms with Crippen LogP contribution in [0.15, 0.2) is 29.6 Å². The zero-order valence-electron chi connectivity index (χ0n) is 13.0. The molecule has 2 N–H and O–H groups in total. The Kier molecular flexibility index (Phi) is 5.08. The van der Waals surface area contributed by atoms with Crippen LogP contribution in [0.1, 0.15) is 18.4 Å². The third-order valence-electron chi connectivity index (χ3n) is 4.33. The summed E-state index contributed by atoms with van der Waals surface area (Å²) in [6.45, 7) is 3.19. The van der Waals surface area contributed by atoms with Gasteiger partial charge in [0.1, 0.15) is 0 Å². The van der Waals surface area contributed by atoms with E-state index in [1.807, 2.05) is 7.05 Å². The summed E-state index contributed by atoms with van der Waals surface area (Å²) in [5, 5.41) is 9.74. The highest BCUT2D eigenvalue weighted by Gasteiger charge is 2.19. The number of nitrogens with zero attached hydrogens (tertiary/aromatic N) is 1. The second-order valence-electron chi connectivity index (χ2n) is 5.97. The quantitative estimate of drug-likeness (QED) is 0.888. The van der Waals surface area contributed by atoms with Gasteiger partial charge in [-0.1, -0.05) is 6.07 Å². The number of carbonyl (C=O) groups is 1. The summed E-state index contributed by atoms with van der Waals surface area (Å²) < 4.78 is 1.29. The molecular formula is C17H23N3OS. The number of benzene rings is 1. The van der Waals surface area contributed by atoms with Crippen molar-refractivity contribution in [3.8, 4) is 0 Å². The van der Waals surface area contributed by atoms with Crippen LogP contribution in [0, 0.1) is 0 Å². The van der Waals surface area contributed by atoms with Gasteiger partial charge < -0.3 is 10.6 Å². The number of carbonyl (C=O) groups excluding carboxylic acids is 1. The second-order valence-corrected chi connectivity index (χ2v) is 6.91. The van der Waals surface area contributed by atoms with Crippen LogP contribution in [-0.4, -0.2) is 43.5 Å². The predicted octanol–water partition coefficient (Wildman–Crippen LogP) is 2.20. The number of piperidine rings is 1. The van der Waals surface area contributed by atoms with Crippen molar-refractivity contribution >= 4 is 27.3 Å². The molecule has 22 heavy (non-hydrogen) atoms. The number of amides is 1. The summed E-state index contributed by atoms with van der Waals surface area (Å²) in [6, 6.07) is 9.02. The van der Waals surface area contributed by atoms with Crippen LogP contribution in [-0.2, 0) is 11.3 Å². The van der Waals surface area contributed by atoms with Gasteiger partial charge in [-0.05, 0) is 67.5 Å². The maximum atomic E-state index is 12.1. The molecule has 1 aliphatic rings. The number of rotatable bonds is 5. The molecule has 1 fully saturated rings. The number of hydrogen-bond acceptors (Lipinski definition) is 4. The lowest BCUT2D eigenvalue weighted by molar-refractivity contribution is -0.122. The summed E-state index contributed by atoms with van der Waals surface area (Å²) >= 11 is 1.75. The van der Waals surface area contributed by atoms with E-state index in [9.17, 15) is 4.79 Å². The van der Waals surface area contributed by atoms with E-state index < -0.39 is 0 Å². The molecule has 118 valence electrons. The van der Waals surface area contributed by atoms with Gasteiger partial charge in [0.2, 0.25) is 5.91 Å². The van der Waals surface area contributed by atoms with Gasteiger partial charge in [0.05, 0.1) is 6.54 Å². The molecule has 0 saturated carbocycles. The van der Waals surface area contributed by atoms with Crippen molar-refractivity contribution in [2.75, 3.05) is 26.7 Å². The molecular weight excluding hydrogens is 294 g/mol. The van der Waals surface area contributed by atoms with Crippen molar-refractivity contribution in [2.45, 2.75) is 25.4 Å². The topological polar surface area (TPSA) is 44.4 Å². The first kappa shape index (κ1) is 15.5. The molecule has 2 aromatic rings. The van der Waals surface area contributed by atoms with Gasteiger partial charge in [-0.15, -0.1) is 11.3 Å².